The predicted octanol–water partition coefficient (Wildman–Crippen LogP) is 7.24. The molecule has 5 nitrogen and oxygen atoms in total. The highest BCUT2D eigenvalue weighted by Crippen LogP contribution is 2.35. The summed E-state index contributed by atoms with van der Waals surface area (Å²) in [5, 5.41) is 13.1. The molecular formula is C27H24BrClN2O3. The van der Waals surface area contributed by atoms with Crippen molar-refractivity contribution in [3.8, 4) is 17.6 Å². The van der Waals surface area contributed by atoms with E-state index < -0.39 is 5.91 Å². The molecule has 0 atom stereocenters. The minimum Gasteiger partial charge on any atom is -0.490 e. The molecule has 174 valence electrons. The molecular weight excluding hydrogens is 516 g/mol. The molecule has 1 amide bonds. The van der Waals surface area contributed by atoms with Gasteiger partial charge in [-0.05, 0) is 79.4 Å². The molecule has 0 aromatic heterocycles. The van der Waals surface area contributed by atoms with Crippen molar-refractivity contribution < 1.29 is 14.3 Å². The molecule has 0 heterocycles. The molecule has 0 fully saturated rings. The average molecular weight is 540 g/mol. The van der Waals surface area contributed by atoms with Crippen molar-refractivity contribution in [3.63, 3.8) is 0 Å². The number of amides is 1. The van der Waals surface area contributed by atoms with Gasteiger partial charge in [-0.25, -0.2) is 0 Å². The molecule has 34 heavy (non-hydrogen) atoms. The zero-order valence-electron chi connectivity index (χ0n) is 19.1. The van der Waals surface area contributed by atoms with Gasteiger partial charge in [0, 0.05) is 15.2 Å². The molecule has 3 aromatic carbocycles. The molecule has 3 rings (SSSR count). The van der Waals surface area contributed by atoms with Crippen LogP contribution in [0.3, 0.4) is 0 Å². The highest BCUT2D eigenvalue weighted by molar-refractivity contribution is 9.10. The van der Waals surface area contributed by atoms with Crippen LogP contribution in [-0.2, 0) is 11.4 Å². The van der Waals surface area contributed by atoms with Gasteiger partial charge >= 0.3 is 0 Å². The van der Waals surface area contributed by atoms with Gasteiger partial charge in [0.15, 0.2) is 11.5 Å². The van der Waals surface area contributed by atoms with Crippen molar-refractivity contribution in [1.82, 2.24) is 0 Å². The number of nitriles is 1. The summed E-state index contributed by atoms with van der Waals surface area (Å²) in [4.78, 5) is 12.8. The molecule has 0 aliphatic heterocycles. The largest absolute Gasteiger partial charge is 0.490 e. The van der Waals surface area contributed by atoms with Crippen LogP contribution in [0, 0.1) is 25.2 Å². The molecule has 0 aliphatic carbocycles. The van der Waals surface area contributed by atoms with Crippen LogP contribution in [-0.4, -0.2) is 12.5 Å². The van der Waals surface area contributed by atoms with Crippen LogP contribution < -0.4 is 14.8 Å². The molecule has 0 aliphatic rings. The Hall–Kier alpha value is -3.27. The van der Waals surface area contributed by atoms with Gasteiger partial charge in [0.25, 0.3) is 5.91 Å². The normalized spacial score (nSPS) is 11.0. The molecule has 7 heteroatoms. The van der Waals surface area contributed by atoms with Crippen LogP contribution in [0.1, 0.15) is 29.2 Å². The second kappa shape index (κ2) is 11.7. The number of nitrogens with one attached hydrogen (secondary N) is 1. The van der Waals surface area contributed by atoms with Gasteiger partial charge in [-0.2, -0.15) is 5.26 Å². The highest BCUT2D eigenvalue weighted by Gasteiger charge is 2.15. The van der Waals surface area contributed by atoms with Crippen molar-refractivity contribution in [2.75, 3.05) is 11.9 Å². The summed E-state index contributed by atoms with van der Waals surface area (Å²) in [5.41, 5.74) is 4.23. The van der Waals surface area contributed by atoms with E-state index in [0.717, 1.165) is 16.7 Å². The third kappa shape index (κ3) is 6.40. The van der Waals surface area contributed by atoms with E-state index in [1.54, 1.807) is 24.3 Å². The average Bonchev–Trinajstić information content (AvgIpc) is 2.82. The van der Waals surface area contributed by atoms with Crippen molar-refractivity contribution in [3.05, 3.63) is 91.9 Å². The summed E-state index contributed by atoms with van der Waals surface area (Å²) >= 11 is 9.47. The van der Waals surface area contributed by atoms with Gasteiger partial charge in [0.2, 0.25) is 0 Å². The summed E-state index contributed by atoms with van der Waals surface area (Å²) in [5.74, 6) is 0.571. The quantitative estimate of drug-likeness (QED) is 0.242. The number of anilines is 1. The number of aryl methyl sites for hydroxylation is 1. The van der Waals surface area contributed by atoms with Crippen LogP contribution in [0.2, 0.25) is 5.02 Å². The van der Waals surface area contributed by atoms with Gasteiger partial charge in [-0.15, -0.1) is 0 Å². The molecule has 0 bridgehead atoms. The minimum atomic E-state index is -0.482. The van der Waals surface area contributed by atoms with Gasteiger partial charge in [-0.3, -0.25) is 4.79 Å². The van der Waals surface area contributed by atoms with Gasteiger partial charge in [0.05, 0.1) is 6.61 Å². The highest BCUT2D eigenvalue weighted by atomic mass is 79.9. The van der Waals surface area contributed by atoms with Crippen molar-refractivity contribution >= 4 is 45.2 Å². The maximum atomic E-state index is 12.8. The molecule has 0 unspecified atom stereocenters. The number of benzene rings is 3. The van der Waals surface area contributed by atoms with Gasteiger partial charge in [-0.1, -0.05) is 51.8 Å². The Kier molecular flexibility index (Phi) is 8.75. The first kappa shape index (κ1) is 25.4. The number of hydrogen-bond donors (Lipinski definition) is 1. The summed E-state index contributed by atoms with van der Waals surface area (Å²) in [6.07, 6.45) is 1.52. The first-order valence-corrected chi connectivity index (χ1v) is 11.8. The van der Waals surface area contributed by atoms with Crippen molar-refractivity contribution in [1.29, 1.82) is 5.26 Å². The summed E-state index contributed by atoms with van der Waals surface area (Å²) in [7, 11) is 0. The third-order valence-corrected chi connectivity index (χ3v) is 6.13. The second-order valence-corrected chi connectivity index (χ2v) is 8.83. The van der Waals surface area contributed by atoms with Crippen molar-refractivity contribution in [2.45, 2.75) is 27.4 Å². The molecule has 0 spiro atoms. The van der Waals surface area contributed by atoms with E-state index in [0.29, 0.717) is 45.5 Å². The van der Waals surface area contributed by atoms with Crippen LogP contribution in [0.5, 0.6) is 11.5 Å². The maximum Gasteiger partial charge on any atom is 0.266 e. The third-order valence-electron chi connectivity index (χ3n) is 5.19. The lowest BCUT2D eigenvalue weighted by Crippen LogP contribution is -2.14. The summed E-state index contributed by atoms with van der Waals surface area (Å²) in [6, 6.07) is 18.5. The number of ether oxygens (including phenoxy) is 2. The Morgan fingerprint density at radius 1 is 1.12 bits per heavy atom. The minimum absolute atomic E-state index is 0.0288. The zero-order valence-corrected chi connectivity index (χ0v) is 21.5. The van der Waals surface area contributed by atoms with Crippen LogP contribution in [0.25, 0.3) is 6.08 Å². The van der Waals surface area contributed by atoms with E-state index in [4.69, 9.17) is 21.1 Å². The fourth-order valence-corrected chi connectivity index (χ4v) is 3.73. The number of carbonyl (C=O) groups excluding carboxylic acids is 1. The Balaban J connectivity index is 1.86. The summed E-state index contributed by atoms with van der Waals surface area (Å²) in [6.45, 7) is 6.53. The standard InChI is InChI=1S/C27H24BrClN2O3/c1-4-33-25-13-20(23(28)14-26(25)34-16-19-8-10-22(29)11-9-19)12-21(15-30)27(32)31-24-7-5-6-17(2)18(24)3/h5-14H,4,16H2,1-3H3,(H,31,32)/b21-12+. The molecule has 0 saturated carbocycles. The molecule has 1 N–H and O–H groups in total. The first-order valence-electron chi connectivity index (χ1n) is 10.6. The maximum absolute atomic E-state index is 12.8. The van der Waals surface area contributed by atoms with E-state index in [9.17, 15) is 10.1 Å². The zero-order chi connectivity index (χ0) is 24.7. The fourth-order valence-electron chi connectivity index (χ4n) is 3.16. The van der Waals surface area contributed by atoms with Gasteiger partial charge in [0.1, 0.15) is 18.2 Å². The lowest BCUT2D eigenvalue weighted by Gasteiger charge is -2.14. The molecule has 0 saturated heterocycles. The first-order chi connectivity index (χ1) is 16.3. The Bertz CT molecular complexity index is 1260. The molecule has 3 aromatic rings. The second-order valence-electron chi connectivity index (χ2n) is 7.54. The van der Waals surface area contributed by atoms with Crippen LogP contribution in [0.15, 0.2) is 64.6 Å². The number of hydrogen-bond acceptors (Lipinski definition) is 4. The SMILES string of the molecule is CCOc1cc(/C=C(\C#N)C(=O)Nc2cccc(C)c2C)c(Br)cc1OCc1ccc(Cl)cc1. The predicted molar refractivity (Wildman–Crippen MR) is 139 cm³/mol. The van der Waals surface area contributed by atoms with Crippen LogP contribution in [0.4, 0.5) is 5.69 Å². The summed E-state index contributed by atoms with van der Waals surface area (Å²) < 4.78 is 12.4. The topological polar surface area (TPSA) is 71.3 Å². The number of rotatable bonds is 8. The van der Waals surface area contributed by atoms with Crippen LogP contribution >= 0.6 is 27.5 Å². The lowest BCUT2D eigenvalue weighted by molar-refractivity contribution is -0.112. The van der Waals surface area contributed by atoms with E-state index in [1.165, 1.54) is 6.08 Å². The molecule has 0 radical (unpaired) electrons. The van der Waals surface area contributed by atoms with E-state index in [2.05, 4.69) is 21.2 Å². The number of carbonyl (C=O) groups is 1. The van der Waals surface area contributed by atoms with E-state index >= 15 is 0 Å². The fraction of sp³-hybridized carbons (Fsp3) is 0.185. The van der Waals surface area contributed by atoms with E-state index in [-0.39, 0.29) is 5.57 Å². The van der Waals surface area contributed by atoms with Gasteiger partial charge < -0.3 is 14.8 Å². The Morgan fingerprint density at radius 3 is 2.50 bits per heavy atom. The lowest BCUT2D eigenvalue weighted by atomic mass is 10.1. The number of halogens is 2. The Morgan fingerprint density at radius 2 is 1.82 bits per heavy atom. The monoisotopic (exact) mass is 538 g/mol. The van der Waals surface area contributed by atoms with Crippen molar-refractivity contribution in [2.24, 2.45) is 0 Å². The van der Waals surface area contributed by atoms with E-state index in [1.807, 2.05) is 57.2 Å². The Labute approximate surface area is 213 Å². The number of nitrogens with zero attached hydrogens (tertiary/aromatic N) is 1. The smallest absolute Gasteiger partial charge is 0.266 e.